The Morgan fingerprint density at radius 3 is 1.90 bits per heavy atom. The zero-order valence-electron chi connectivity index (χ0n) is 13.6. The van der Waals surface area contributed by atoms with E-state index in [-0.39, 0.29) is 12.2 Å². The van der Waals surface area contributed by atoms with Crippen molar-refractivity contribution in [2.75, 3.05) is 0 Å². The third-order valence-electron chi connectivity index (χ3n) is 3.32. The molecule has 0 bridgehead atoms. The third kappa shape index (κ3) is 4.09. The number of esters is 1. The molecule has 0 radical (unpaired) electrons. The molecule has 120 valence electrons. The van der Waals surface area contributed by atoms with Crippen LogP contribution < -0.4 is 5.32 Å². The SMILES string of the molecule is CC(C)(C)OC(=O)NC1(C(=O)OC(C)(C)C)C[C@@H]2O[C@@H]2C1. The van der Waals surface area contributed by atoms with Crippen LogP contribution in [0.5, 0.6) is 0 Å². The molecule has 1 heterocycles. The first kappa shape index (κ1) is 16.1. The lowest BCUT2D eigenvalue weighted by atomic mass is 9.96. The quantitative estimate of drug-likeness (QED) is 0.624. The smallest absolute Gasteiger partial charge is 0.408 e. The maximum Gasteiger partial charge on any atom is 0.408 e. The summed E-state index contributed by atoms with van der Waals surface area (Å²) in [5.41, 5.74) is -2.26. The van der Waals surface area contributed by atoms with Gasteiger partial charge in [0, 0.05) is 12.8 Å². The molecule has 1 N–H and O–H groups in total. The van der Waals surface area contributed by atoms with E-state index < -0.39 is 28.8 Å². The second-order valence-corrected chi connectivity index (χ2v) is 7.83. The summed E-state index contributed by atoms with van der Waals surface area (Å²) in [6, 6.07) is 0. The highest BCUT2D eigenvalue weighted by Gasteiger charge is 2.61. The van der Waals surface area contributed by atoms with Gasteiger partial charge in [-0.05, 0) is 41.5 Å². The first-order valence-corrected chi connectivity index (χ1v) is 7.30. The van der Waals surface area contributed by atoms with Crippen LogP contribution in [0, 0.1) is 0 Å². The number of fused-ring (bicyclic) bond motifs is 1. The Hall–Kier alpha value is -1.30. The van der Waals surface area contributed by atoms with Crippen molar-refractivity contribution < 1.29 is 23.8 Å². The van der Waals surface area contributed by atoms with Crippen LogP contribution in [-0.2, 0) is 19.0 Å². The maximum atomic E-state index is 12.5. The van der Waals surface area contributed by atoms with E-state index in [1.807, 2.05) is 0 Å². The Morgan fingerprint density at radius 1 is 1.00 bits per heavy atom. The van der Waals surface area contributed by atoms with Crippen molar-refractivity contribution in [1.82, 2.24) is 5.32 Å². The molecule has 2 aliphatic rings. The number of carbonyl (C=O) groups is 2. The van der Waals surface area contributed by atoms with Crippen molar-refractivity contribution in [2.45, 2.75) is 83.3 Å². The molecule has 2 rings (SSSR count). The van der Waals surface area contributed by atoms with Gasteiger partial charge in [-0.1, -0.05) is 0 Å². The molecule has 1 amide bonds. The molecule has 0 aromatic carbocycles. The Morgan fingerprint density at radius 2 is 1.48 bits per heavy atom. The molecular weight excluding hydrogens is 274 g/mol. The fraction of sp³-hybridized carbons (Fsp3) is 0.867. The van der Waals surface area contributed by atoms with Crippen molar-refractivity contribution >= 4 is 12.1 Å². The van der Waals surface area contributed by atoms with E-state index in [2.05, 4.69) is 5.32 Å². The monoisotopic (exact) mass is 299 g/mol. The fourth-order valence-electron chi connectivity index (χ4n) is 2.50. The number of alkyl carbamates (subject to hydrolysis) is 1. The predicted octanol–water partition coefficient (Wildman–Crippen LogP) is 2.15. The molecule has 0 aromatic rings. The van der Waals surface area contributed by atoms with Gasteiger partial charge in [0.2, 0.25) is 0 Å². The Labute approximate surface area is 125 Å². The minimum absolute atomic E-state index is 0.0347. The van der Waals surface area contributed by atoms with Gasteiger partial charge in [0.1, 0.15) is 16.7 Å². The summed E-state index contributed by atoms with van der Waals surface area (Å²) >= 11 is 0. The van der Waals surface area contributed by atoms with Gasteiger partial charge in [-0.2, -0.15) is 0 Å². The molecule has 21 heavy (non-hydrogen) atoms. The summed E-state index contributed by atoms with van der Waals surface area (Å²) in [7, 11) is 0. The number of carbonyl (C=O) groups excluding carboxylic acids is 2. The van der Waals surface area contributed by atoms with Crippen molar-refractivity contribution in [1.29, 1.82) is 0 Å². The third-order valence-corrected chi connectivity index (χ3v) is 3.32. The molecule has 0 spiro atoms. The molecule has 1 aliphatic heterocycles. The Kier molecular flexibility index (Phi) is 3.72. The fourth-order valence-corrected chi connectivity index (χ4v) is 2.50. The van der Waals surface area contributed by atoms with Crippen LogP contribution in [0.1, 0.15) is 54.4 Å². The molecule has 1 saturated carbocycles. The maximum absolute atomic E-state index is 12.5. The number of rotatable bonds is 2. The molecule has 3 atom stereocenters. The van der Waals surface area contributed by atoms with Crippen molar-refractivity contribution in [2.24, 2.45) is 0 Å². The summed E-state index contributed by atoms with van der Waals surface area (Å²) in [4.78, 5) is 24.5. The molecule has 1 aliphatic carbocycles. The highest BCUT2D eigenvalue weighted by atomic mass is 16.6. The second-order valence-electron chi connectivity index (χ2n) is 7.83. The van der Waals surface area contributed by atoms with Crippen LogP contribution in [0.4, 0.5) is 4.79 Å². The van der Waals surface area contributed by atoms with Crippen LogP contribution in [0.15, 0.2) is 0 Å². The van der Waals surface area contributed by atoms with Gasteiger partial charge in [0.25, 0.3) is 0 Å². The largest absolute Gasteiger partial charge is 0.458 e. The Bertz CT molecular complexity index is 436. The zero-order chi connectivity index (χ0) is 16.1. The molecule has 6 heteroatoms. The van der Waals surface area contributed by atoms with Crippen molar-refractivity contribution in [3.05, 3.63) is 0 Å². The molecule has 1 saturated heterocycles. The topological polar surface area (TPSA) is 77.2 Å². The van der Waals surface area contributed by atoms with Gasteiger partial charge in [0.15, 0.2) is 0 Å². The molecule has 0 aromatic heterocycles. The van der Waals surface area contributed by atoms with E-state index >= 15 is 0 Å². The van der Waals surface area contributed by atoms with E-state index in [4.69, 9.17) is 14.2 Å². The summed E-state index contributed by atoms with van der Waals surface area (Å²) in [5.74, 6) is -0.420. The number of hydrogen-bond acceptors (Lipinski definition) is 5. The molecule has 6 nitrogen and oxygen atoms in total. The Balaban J connectivity index is 2.08. The van der Waals surface area contributed by atoms with Gasteiger partial charge < -0.3 is 19.5 Å². The number of hydrogen-bond donors (Lipinski definition) is 1. The summed E-state index contributed by atoms with van der Waals surface area (Å²) in [6.45, 7) is 10.8. The zero-order valence-corrected chi connectivity index (χ0v) is 13.6. The van der Waals surface area contributed by atoms with Gasteiger partial charge >= 0.3 is 12.1 Å². The first-order valence-electron chi connectivity index (χ1n) is 7.30. The van der Waals surface area contributed by atoms with Gasteiger partial charge in [-0.3, -0.25) is 0 Å². The summed E-state index contributed by atoms with van der Waals surface area (Å²) in [6.07, 6.45) is 0.340. The molecule has 1 unspecified atom stereocenters. The lowest BCUT2D eigenvalue weighted by molar-refractivity contribution is -0.164. The van der Waals surface area contributed by atoms with E-state index in [1.54, 1.807) is 41.5 Å². The number of amides is 1. The molecular formula is C15H25NO5. The van der Waals surface area contributed by atoms with Crippen LogP contribution >= 0.6 is 0 Å². The van der Waals surface area contributed by atoms with Crippen LogP contribution in [0.25, 0.3) is 0 Å². The number of ether oxygens (including phenoxy) is 3. The van der Waals surface area contributed by atoms with Crippen LogP contribution in [0.3, 0.4) is 0 Å². The average molecular weight is 299 g/mol. The minimum atomic E-state index is -1.04. The van der Waals surface area contributed by atoms with Crippen molar-refractivity contribution in [3.63, 3.8) is 0 Å². The summed E-state index contributed by atoms with van der Waals surface area (Å²) in [5, 5.41) is 2.72. The van der Waals surface area contributed by atoms with E-state index in [0.29, 0.717) is 12.8 Å². The highest BCUT2D eigenvalue weighted by Crippen LogP contribution is 2.45. The van der Waals surface area contributed by atoms with E-state index in [1.165, 1.54) is 0 Å². The molecule has 2 fully saturated rings. The van der Waals surface area contributed by atoms with Crippen LogP contribution in [-0.4, -0.2) is 41.0 Å². The first-order chi connectivity index (χ1) is 9.40. The van der Waals surface area contributed by atoms with Crippen LogP contribution in [0.2, 0.25) is 0 Å². The standard InChI is InChI=1S/C15H25NO5/c1-13(2,3)20-11(17)15(7-9-10(8-15)19-9)16-12(18)21-14(4,5)6/h9-10H,7-8H2,1-6H3,(H,16,18)/t9-,10+,15?. The normalized spacial score (nSPS) is 31.3. The lowest BCUT2D eigenvalue weighted by Crippen LogP contribution is -2.56. The van der Waals surface area contributed by atoms with E-state index in [9.17, 15) is 9.59 Å². The highest BCUT2D eigenvalue weighted by molar-refractivity contribution is 5.87. The lowest BCUT2D eigenvalue weighted by Gasteiger charge is -2.33. The summed E-state index contributed by atoms with van der Waals surface area (Å²) < 4.78 is 16.1. The van der Waals surface area contributed by atoms with Gasteiger partial charge in [-0.25, -0.2) is 9.59 Å². The minimum Gasteiger partial charge on any atom is -0.458 e. The number of nitrogens with one attached hydrogen (secondary N) is 1. The number of epoxide rings is 1. The van der Waals surface area contributed by atoms with Crippen molar-refractivity contribution in [3.8, 4) is 0 Å². The van der Waals surface area contributed by atoms with Gasteiger partial charge in [-0.15, -0.1) is 0 Å². The van der Waals surface area contributed by atoms with E-state index in [0.717, 1.165) is 0 Å². The second kappa shape index (κ2) is 4.87. The average Bonchev–Trinajstić information content (AvgIpc) is 2.81. The predicted molar refractivity (Wildman–Crippen MR) is 75.8 cm³/mol. The van der Waals surface area contributed by atoms with Gasteiger partial charge in [0.05, 0.1) is 12.2 Å².